The standard InChI is InChI=1S/C9H9N3O2/c10-4-7-6-13-12-9(7)14-8-2-1-3-11-5-8/h1-3,5-6H,4,10H2. The van der Waals surface area contributed by atoms with Gasteiger partial charge in [0.25, 0.3) is 5.88 Å². The van der Waals surface area contributed by atoms with Gasteiger partial charge in [-0.1, -0.05) is 0 Å². The number of rotatable bonds is 3. The molecule has 0 bridgehead atoms. The maximum absolute atomic E-state index is 5.45. The van der Waals surface area contributed by atoms with Crippen molar-refractivity contribution >= 4 is 0 Å². The van der Waals surface area contributed by atoms with Crippen LogP contribution in [-0.4, -0.2) is 10.1 Å². The number of hydrogen-bond donors (Lipinski definition) is 1. The Bertz CT molecular complexity index is 399. The van der Waals surface area contributed by atoms with Gasteiger partial charge in [0.05, 0.1) is 11.8 Å². The average molecular weight is 191 g/mol. The Hall–Kier alpha value is -1.88. The van der Waals surface area contributed by atoms with E-state index in [0.29, 0.717) is 18.2 Å². The van der Waals surface area contributed by atoms with E-state index in [0.717, 1.165) is 5.56 Å². The zero-order chi connectivity index (χ0) is 9.80. The lowest BCUT2D eigenvalue weighted by Crippen LogP contribution is -1.97. The van der Waals surface area contributed by atoms with E-state index in [1.165, 1.54) is 6.26 Å². The molecule has 72 valence electrons. The smallest absolute Gasteiger partial charge is 0.264 e. The van der Waals surface area contributed by atoms with E-state index in [9.17, 15) is 0 Å². The lowest BCUT2D eigenvalue weighted by atomic mass is 10.3. The van der Waals surface area contributed by atoms with Gasteiger partial charge in [0.15, 0.2) is 0 Å². The number of ether oxygens (including phenoxy) is 1. The second-order valence-electron chi connectivity index (χ2n) is 2.64. The zero-order valence-electron chi connectivity index (χ0n) is 7.38. The molecular weight excluding hydrogens is 182 g/mol. The first-order valence-electron chi connectivity index (χ1n) is 4.11. The first-order valence-corrected chi connectivity index (χ1v) is 4.11. The molecule has 2 aromatic heterocycles. The maximum atomic E-state index is 5.45. The van der Waals surface area contributed by atoms with Crippen molar-refractivity contribution in [2.24, 2.45) is 5.73 Å². The fraction of sp³-hybridized carbons (Fsp3) is 0.111. The van der Waals surface area contributed by atoms with Gasteiger partial charge in [-0.05, 0) is 17.3 Å². The molecule has 2 N–H and O–H groups in total. The first kappa shape index (κ1) is 8.71. The van der Waals surface area contributed by atoms with Gasteiger partial charge in [-0.2, -0.15) is 0 Å². The normalized spacial score (nSPS) is 10.1. The highest BCUT2D eigenvalue weighted by atomic mass is 16.5. The molecule has 0 aliphatic carbocycles. The molecule has 5 nitrogen and oxygen atoms in total. The maximum Gasteiger partial charge on any atom is 0.264 e. The molecule has 0 aromatic carbocycles. The minimum atomic E-state index is 0.332. The van der Waals surface area contributed by atoms with Crippen LogP contribution in [0.4, 0.5) is 0 Å². The fourth-order valence-corrected chi connectivity index (χ4v) is 0.986. The molecule has 0 aliphatic rings. The van der Waals surface area contributed by atoms with Crippen molar-refractivity contribution in [2.45, 2.75) is 6.54 Å². The van der Waals surface area contributed by atoms with Gasteiger partial charge in [-0.25, -0.2) is 0 Å². The summed E-state index contributed by atoms with van der Waals surface area (Å²) in [6, 6.07) is 3.56. The monoisotopic (exact) mass is 191 g/mol. The summed E-state index contributed by atoms with van der Waals surface area (Å²) in [5.74, 6) is 0.997. The van der Waals surface area contributed by atoms with Gasteiger partial charge in [-0.15, -0.1) is 0 Å². The third kappa shape index (κ3) is 1.72. The van der Waals surface area contributed by atoms with E-state index < -0.39 is 0 Å². The van der Waals surface area contributed by atoms with Crippen molar-refractivity contribution in [3.63, 3.8) is 0 Å². The summed E-state index contributed by atoms with van der Waals surface area (Å²) < 4.78 is 10.1. The van der Waals surface area contributed by atoms with E-state index in [4.69, 9.17) is 15.0 Å². The van der Waals surface area contributed by atoms with Crippen LogP contribution in [0.15, 0.2) is 35.3 Å². The molecule has 0 saturated heterocycles. The van der Waals surface area contributed by atoms with Crippen LogP contribution < -0.4 is 10.5 Å². The molecule has 0 unspecified atom stereocenters. The SMILES string of the molecule is NCc1conc1Oc1cccnc1. The summed E-state index contributed by atoms with van der Waals surface area (Å²) in [6.07, 6.45) is 4.72. The van der Waals surface area contributed by atoms with Crippen LogP contribution in [0.25, 0.3) is 0 Å². The molecule has 0 saturated carbocycles. The van der Waals surface area contributed by atoms with Crippen molar-refractivity contribution in [3.05, 3.63) is 36.4 Å². The Morgan fingerprint density at radius 2 is 2.43 bits per heavy atom. The molecule has 0 radical (unpaired) electrons. The molecule has 0 atom stereocenters. The molecule has 0 amide bonds. The molecule has 0 aliphatic heterocycles. The van der Waals surface area contributed by atoms with Crippen LogP contribution in [0.1, 0.15) is 5.56 Å². The van der Waals surface area contributed by atoms with Gasteiger partial charge in [-0.3, -0.25) is 4.98 Å². The van der Waals surface area contributed by atoms with Crippen LogP contribution in [0.5, 0.6) is 11.6 Å². The molecular formula is C9H9N3O2. The van der Waals surface area contributed by atoms with Gasteiger partial charge < -0.3 is 15.0 Å². The molecule has 14 heavy (non-hydrogen) atoms. The number of hydrogen-bond acceptors (Lipinski definition) is 5. The molecule has 2 aromatic rings. The van der Waals surface area contributed by atoms with Crippen molar-refractivity contribution in [2.75, 3.05) is 0 Å². The Morgan fingerprint density at radius 1 is 1.50 bits per heavy atom. The van der Waals surface area contributed by atoms with E-state index >= 15 is 0 Å². The Balaban J connectivity index is 2.19. The van der Waals surface area contributed by atoms with Gasteiger partial charge in [0, 0.05) is 12.7 Å². The predicted molar refractivity (Wildman–Crippen MR) is 48.7 cm³/mol. The predicted octanol–water partition coefficient (Wildman–Crippen LogP) is 1.32. The summed E-state index contributed by atoms with van der Waals surface area (Å²) in [5.41, 5.74) is 6.18. The third-order valence-corrected chi connectivity index (χ3v) is 1.67. The highest BCUT2D eigenvalue weighted by Gasteiger charge is 2.07. The summed E-state index contributed by atoms with van der Waals surface area (Å²) in [7, 11) is 0. The second-order valence-corrected chi connectivity index (χ2v) is 2.64. The number of aromatic nitrogens is 2. The number of nitrogens with zero attached hydrogens (tertiary/aromatic N) is 2. The largest absolute Gasteiger partial charge is 0.435 e. The van der Waals surface area contributed by atoms with Gasteiger partial charge in [0.1, 0.15) is 12.0 Å². The lowest BCUT2D eigenvalue weighted by molar-refractivity contribution is 0.366. The Morgan fingerprint density at radius 3 is 3.14 bits per heavy atom. The van der Waals surface area contributed by atoms with Gasteiger partial charge in [0.2, 0.25) is 0 Å². The Kier molecular flexibility index (Phi) is 2.42. The van der Waals surface area contributed by atoms with Crippen LogP contribution in [0.2, 0.25) is 0 Å². The van der Waals surface area contributed by atoms with E-state index in [2.05, 4.69) is 10.1 Å². The molecule has 0 fully saturated rings. The van der Waals surface area contributed by atoms with Crippen molar-refractivity contribution in [1.82, 2.24) is 10.1 Å². The average Bonchev–Trinajstić information content (AvgIpc) is 2.67. The van der Waals surface area contributed by atoms with Crippen molar-refractivity contribution in [1.29, 1.82) is 0 Å². The second kappa shape index (κ2) is 3.89. The minimum absolute atomic E-state index is 0.332. The molecule has 2 heterocycles. The quantitative estimate of drug-likeness (QED) is 0.791. The molecule has 2 rings (SSSR count). The lowest BCUT2D eigenvalue weighted by Gasteiger charge is -2.01. The first-order chi connectivity index (χ1) is 6.90. The van der Waals surface area contributed by atoms with Crippen LogP contribution in [-0.2, 0) is 6.54 Å². The molecule has 5 heteroatoms. The molecule has 0 spiro atoms. The summed E-state index contributed by atoms with van der Waals surface area (Å²) in [4.78, 5) is 3.91. The van der Waals surface area contributed by atoms with Gasteiger partial charge >= 0.3 is 0 Å². The minimum Gasteiger partial charge on any atom is -0.435 e. The third-order valence-electron chi connectivity index (χ3n) is 1.67. The highest BCUT2D eigenvalue weighted by Crippen LogP contribution is 2.21. The van der Waals surface area contributed by atoms with Crippen LogP contribution in [0.3, 0.4) is 0 Å². The fourth-order valence-electron chi connectivity index (χ4n) is 0.986. The van der Waals surface area contributed by atoms with Crippen LogP contribution >= 0.6 is 0 Å². The number of nitrogens with two attached hydrogens (primary N) is 1. The van der Waals surface area contributed by atoms with Crippen LogP contribution in [0, 0.1) is 0 Å². The number of pyridine rings is 1. The summed E-state index contributed by atoms with van der Waals surface area (Å²) in [5, 5.41) is 3.68. The summed E-state index contributed by atoms with van der Waals surface area (Å²) >= 11 is 0. The van der Waals surface area contributed by atoms with E-state index in [1.54, 1.807) is 24.5 Å². The zero-order valence-corrected chi connectivity index (χ0v) is 7.38. The topological polar surface area (TPSA) is 74.2 Å². The highest BCUT2D eigenvalue weighted by molar-refractivity contribution is 5.27. The van der Waals surface area contributed by atoms with Crippen molar-refractivity contribution in [3.8, 4) is 11.6 Å². The van der Waals surface area contributed by atoms with E-state index in [-0.39, 0.29) is 0 Å². The Labute approximate surface area is 80.5 Å². The summed E-state index contributed by atoms with van der Waals surface area (Å²) in [6.45, 7) is 0.332. The van der Waals surface area contributed by atoms with E-state index in [1.807, 2.05) is 0 Å². The van der Waals surface area contributed by atoms with Crippen molar-refractivity contribution < 1.29 is 9.26 Å².